The Bertz CT molecular complexity index is 66.3. The van der Waals surface area contributed by atoms with Gasteiger partial charge in [0, 0.05) is 12.3 Å². The van der Waals surface area contributed by atoms with E-state index in [-0.39, 0.29) is 0 Å². The number of rotatable bonds is 6. The highest BCUT2D eigenvalue weighted by Crippen LogP contribution is 2.12. The van der Waals surface area contributed by atoms with Crippen molar-refractivity contribution in [2.75, 3.05) is 18.1 Å². The van der Waals surface area contributed by atoms with Gasteiger partial charge in [0.25, 0.3) is 0 Å². The number of nitrogens with two attached hydrogens (primary N) is 1. The topological polar surface area (TPSA) is 26.0 Å². The second kappa shape index (κ2) is 7.42. The fourth-order valence-corrected chi connectivity index (χ4v) is 1.85. The van der Waals surface area contributed by atoms with Crippen molar-refractivity contribution < 1.29 is 0 Å². The molecule has 0 aliphatic heterocycles. The molecule has 0 rings (SSSR count). The van der Waals surface area contributed by atoms with Gasteiger partial charge in [0.05, 0.1) is 0 Å². The van der Waals surface area contributed by atoms with Crippen molar-refractivity contribution in [1.29, 1.82) is 0 Å². The first kappa shape index (κ1) is 10.3. The molecule has 0 aromatic carbocycles. The molecule has 62 valence electrons. The zero-order valence-corrected chi connectivity index (χ0v) is 7.91. The molecule has 0 aliphatic rings. The molecular formula is C8H19NS. The van der Waals surface area contributed by atoms with Crippen molar-refractivity contribution in [2.24, 2.45) is 11.7 Å². The lowest BCUT2D eigenvalue weighted by molar-refractivity contribution is 0.585. The number of hydrogen-bond acceptors (Lipinski definition) is 2. The van der Waals surface area contributed by atoms with Gasteiger partial charge in [0.15, 0.2) is 0 Å². The molecule has 1 atom stereocenters. The lowest BCUT2D eigenvalue weighted by atomic mass is 10.1. The van der Waals surface area contributed by atoms with Gasteiger partial charge in [-0.05, 0) is 11.7 Å². The van der Waals surface area contributed by atoms with Crippen LogP contribution in [0.2, 0.25) is 0 Å². The lowest BCUT2D eigenvalue weighted by Crippen LogP contribution is -2.04. The molecule has 0 heterocycles. The lowest BCUT2D eigenvalue weighted by Gasteiger charge is -2.07. The molecule has 1 unspecified atom stereocenters. The summed E-state index contributed by atoms with van der Waals surface area (Å²) < 4.78 is 0. The van der Waals surface area contributed by atoms with Crippen LogP contribution in [-0.2, 0) is 0 Å². The molecule has 0 bridgehead atoms. The first-order valence-electron chi connectivity index (χ1n) is 4.09. The Morgan fingerprint density at radius 1 is 1.50 bits per heavy atom. The summed E-state index contributed by atoms with van der Waals surface area (Å²) in [7, 11) is 0. The Kier molecular flexibility index (Phi) is 7.65. The molecule has 0 fully saturated rings. The predicted octanol–water partition coefficient (Wildman–Crippen LogP) is 2.11. The molecule has 0 aromatic rings. The fourth-order valence-electron chi connectivity index (χ4n) is 0.944. The van der Waals surface area contributed by atoms with Gasteiger partial charge >= 0.3 is 0 Å². The van der Waals surface area contributed by atoms with Crippen molar-refractivity contribution in [3.8, 4) is 0 Å². The third-order valence-corrected chi connectivity index (χ3v) is 2.78. The summed E-state index contributed by atoms with van der Waals surface area (Å²) in [6, 6.07) is 0. The third-order valence-electron chi connectivity index (χ3n) is 1.45. The summed E-state index contributed by atoms with van der Waals surface area (Å²) in [5.41, 5.74) is 5.37. The zero-order chi connectivity index (χ0) is 7.82. The van der Waals surface area contributed by atoms with Crippen molar-refractivity contribution in [3.63, 3.8) is 0 Å². The Hall–Kier alpha value is 0.310. The van der Waals surface area contributed by atoms with Gasteiger partial charge in [0.1, 0.15) is 0 Å². The maximum absolute atomic E-state index is 5.37. The van der Waals surface area contributed by atoms with Gasteiger partial charge in [-0.3, -0.25) is 0 Å². The van der Waals surface area contributed by atoms with Crippen LogP contribution in [0.15, 0.2) is 0 Å². The van der Waals surface area contributed by atoms with E-state index >= 15 is 0 Å². The predicted molar refractivity (Wildman–Crippen MR) is 50.5 cm³/mol. The van der Waals surface area contributed by atoms with E-state index in [0.717, 1.165) is 18.2 Å². The van der Waals surface area contributed by atoms with E-state index in [9.17, 15) is 0 Å². The quantitative estimate of drug-likeness (QED) is 0.604. The van der Waals surface area contributed by atoms with Gasteiger partial charge in [-0.2, -0.15) is 11.8 Å². The Morgan fingerprint density at radius 3 is 2.70 bits per heavy atom. The SMILES string of the molecule is CCCC(C)CSCCN. The second-order valence-corrected chi connectivity index (χ2v) is 3.91. The average molecular weight is 161 g/mol. The largest absolute Gasteiger partial charge is 0.330 e. The van der Waals surface area contributed by atoms with Crippen molar-refractivity contribution in [1.82, 2.24) is 0 Å². The third kappa shape index (κ3) is 6.43. The van der Waals surface area contributed by atoms with Crippen LogP contribution in [-0.4, -0.2) is 18.1 Å². The first-order valence-corrected chi connectivity index (χ1v) is 5.24. The van der Waals surface area contributed by atoms with Gasteiger partial charge in [-0.1, -0.05) is 26.7 Å². The Morgan fingerprint density at radius 2 is 2.20 bits per heavy atom. The molecule has 1 nitrogen and oxygen atoms in total. The van der Waals surface area contributed by atoms with Crippen molar-refractivity contribution in [2.45, 2.75) is 26.7 Å². The monoisotopic (exact) mass is 161 g/mol. The maximum atomic E-state index is 5.37. The zero-order valence-electron chi connectivity index (χ0n) is 7.10. The molecule has 0 aliphatic carbocycles. The van der Waals surface area contributed by atoms with Crippen molar-refractivity contribution >= 4 is 11.8 Å². The minimum atomic E-state index is 0.823. The number of hydrogen-bond donors (Lipinski definition) is 1. The molecule has 2 heteroatoms. The summed E-state index contributed by atoms with van der Waals surface area (Å²) in [6.07, 6.45) is 2.67. The summed E-state index contributed by atoms with van der Waals surface area (Å²) in [4.78, 5) is 0. The van der Waals surface area contributed by atoms with E-state index in [4.69, 9.17) is 5.73 Å². The van der Waals surface area contributed by atoms with Crippen LogP contribution in [0.25, 0.3) is 0 Å². The van der Waals surface area contributed by atoms with Gasteiger partial charge in [-0.25, -0.2) is 0 Å². The fraction of sp³-hybridized carbons (Fsp3) is 1.00. The van der Waals surface area contributed by atoms with Crippen LogP contribution in [0, 0.1) is 5.92 Å². The van der Waals surface area contributed by atoms with Crippen LogP contribution in [0.3, 0.4) is 0 Å². The van der Waals surface area contributed by atoms with E-state index in [0.29, 0.717) is 0 Å². The van der Waals surface area contributed by atoms with E-state index in [1.165, 1.54) is 18.6 Å². The summed E-state index contributed by atoms with van der Waals surface area (Å²) in [6.45, 7) is 5.38. The second-order valence-electron chi connectivity index (χ2n) is 2.76. The summed E-state index contributed by atoms with van der Waals surface area (Å²) >= 11 is 1.98. The average Bonchev–Trinajstić information content (AvgIpc) is 1.89. The van der Waals surface area contributed by atoms with Crippen LogP contribution >= 0.6 is 11.8 Å². The minimum absolute atomic E-state index is 0.823. The first-order chi connectivity index (χ1) is 4.81. The van der Waals surface area contributed by atoms with Crippen LogP contribution in [0.4, 0.5) is 0 Å². The standard InChI is InChI=1S/C8H19NS/c1-3-4-8(2)7-10-6-5-9/h8H,3-7,9H2,1-2H3. The van der Waals surface area contributed by atoms with Crippen LogP contribution in [0.1, 0.15) is 26.7 Å². The smallest absolute Gasteiger partial charge is 0.00559 e. The van der Waals surface area contributed by atoms with Gasteiger partial charge in [-0.15, -0.1) is 0 Å². The van der Waals surface area contributed by atoms with Crippen molar-refractivity contribution in [3.05, 3.63) is 0 Å². The van der Waals surface area contributed by atoms with E-state index in [2.05, 4.69) is 13.8 Å². The maximum Gasteiger partial charge on any atom is 0.00559 e. The highest BCUT2D eigenvalue weighted by Gasteiger charge is 1.98. The Labute approximate surface area is 68.8 Å². The minimum Gasteiger partial charge on any atom is -0.330 e. The molecule has 0 spiro atoms. The molecule has 0 radical (unpaired) electrons. The molecule has 0 saturated carbocycles. The highest BCUT2D eigenvalue weighted by atomic mass is 32.2. The summed E-state index contributed by atoms with van der Waals surface area (Å²) in [5, 5.41) is 0. The van der Waals surface area contributed by atoms with Gasteiger partial charge in [0.2, 0.25) is 0 Å². The van der Waals surface area contributed by atoms with E-state index in [1.54, 1.807) is 0 Å². The molecule has 0 aromatic heterocycles. The van der Waals surface area contributed by atoms with Gasteiger partial charge < -0.3 is 5.73 Å². The normalized spacial score (nSPS) is 13.5. The summed E-state index contributed by atoms with van der Waals surface area (Å²) in [5.74, 6) is 3.28. The van der Waals surface area contributed by atoms with Crippen LogP contribution < -0.4 is 5.73 Å². The molecule has 10 heavy (non-hydrogen) atoms. The van der Waals surface area contributed by atoms with E-state index in [1.807, 2.05) is 11.8 Å². The molecule has 2 N–H and O–H groups in total. The molecule has 0 amide bonds. The molecular weight excluding hydrogens is 142 g/mol. The van der Waals surface area contributed by atoms with Crippen LogP contribution in [0.5, 0.6) is 0 Å². The van der Waals surface area contributed by atoms with E-state index < -0.39 is 0 Å². The highest BCUT2D eigenvalue weighted by molar-refractivity contribution is 7.99. The Balaban J connectivity index is 2.97. The molecule has 0 saturated heterocycles. The number of thioether (sulfide) groups is 1.